The maximum Gasteiger partial charge on any atom is 0.253 e. The van der Waals surface area contributed by atoms with Crippen molar-refractivity contribution in [3.63, 3.8) is 0 Å². The SMILES string of the molecule is COc1ccc2cc(C(c3nnnn3Cc3ccccc3)N3CCCC(C)C3)c(=O)[nH]c2c1. The fourth-order valence-electron chi connectivity index (χ4n) is 4.76. The fraction of sp³-hybridized carbons (Fsp3) is 0.360. The molecule has 0 spiro atoms. The Kier molecular flexibility index (Phi) is 5.92. The molecule has 1 aliphatic rings. The maximum atomic E-state index is 13.4. The third-order valence-corrected chi connectivity index (χ3v) is 6.41. The zero-order valence-corrected chi connectivity index (χ0v) is 18.9. The van der Waals surface area contributed by atoms with Gasteiger partial charge in [-0.05, 0) is 64.9 Å². The van der Waals surface area contributed by atoms with Crippen molar-refractivity contribution in [2.45, 2.75) is 32.4 Å². The Morgan fingerprint density at radius 3 is 2.82 bits per heavy atom. The molecule has 5 rings (SSSR count). The van der Waals surface area contributed by atoms with Gasteiger partial charge in [-0.3, -0.25) is 9.69 Å². The van der Waals surface area contributed by atoms with E-state index >= 15 is 0 Å². The van der Waals surface area contributed by atoms with Crippen molar-refractivity contribution in [1.29, 1.82) is 0 Å². The molecule has 0 amide bonds. The molecule has 2 aromatic heterocycles. The van der Waals surface area contributed by atoms with E-state index in [1.54, 1.807) is 7.11 Å². The molecule has 1 fully saturated rings. The number of nitrogens with zero attached hydrogens (tertiary/aromatic N) is 5. The highest BCUT2D eigenvalue weighted by Gasteiger charge is 2.32. The van der Waals surface area contributed by atoms with Gasteiger partial charge in [0, 0.05) is 18.2 Å². The zero-order chi connectivity index (χ0) is 22.8. The summed E-state index contributed by atoms with van der Waals surface area (Å²) in [6, 6.07) is 17.5. The van der Waals surface area contributed by atoms with E-state index in [1.165, 1.54) is 6.42 Å². The molecular formula is C25H28N6O2. The van der Waals surface area contributed by atoms with Crippen LogP contribution in [0.1, 0.15) is 42.8 Å². The van der Waals surface area contributed by atoms with E-state index in [9.17, 15) is 4.79 Å². The van der Waals surface area contributed by atoms with Crippen LogP contribution in [0.15, 0.2) is 59.4 Å². The molecule has 3 heterocycles. The number of nitrogens with one attached hydrogen (secondary N) is 1. The van der Waals surface area contributed by atoms with Gasteiger partial charge in [-0.15, -0.1) is 5.10 Å². The minimum atomic E-state index is -0.332. The second-order valence-corrected chi connectivity index (χ2v) is 8.83. The Balaban J connectivity index is 1.62. The first kappa shape index (κ1) is 21.3. The number of aromatic amines is 1. The number of methoxy groups -OCH3 is 1. The molecule has 8 nitrogen and oxygen atoms in total. The second kappa shape index (κ2) is 9.15. The Hall–Kier alpha value is -3.52. The van der Waals surface area contributed by atoms with Crippen LogP contribution in [0.4, 0.5) is 0 Å². The van der Waals surface area contributed by atoms with E-state index in [1.807, 2.05) is 47.1 Å². The van der Waals surface area contributed by atoms with Gasteiger partial charge in [-0.2, -0.15) is 0 Å². The predicted octanol–water partition coefficient (Wildman–Crippen LogP) is 3.39. The number of aromatic nitrogens is 5. The topological polar surface area (TPSA) is 88.9 Å². The van der Waals surface area contributed by atoms with Crippen LogP contribution in [0.3, 0.4) is 0 Å². The minimum Gasteiger partial charge on any atom is -0.497 e. The van der Waals surface area contributed by atoms with Crippen molar-refractivity contribution in [1.82, 2.24) is 30.1 Å². The van der Waals surface area contributed by atoms with Crippen molar-refractivity contribution < 1.29 is 4.74 Å². The smallest absolute Gasteiger partial charge is 0.253 e. The van der Waals surface area contributed by atoms with Crippen LogP contribution < -0.4 is 10.3 Å². The Morgan fingerprint density at radius 1 is 1.18 bits per heavy atom. The highest BCUT2D eigenvalue weighted by atomic mass is 16.5. The standard InChI is InChI=1S/C25H28N6O2/c1-17-7-6-12-30(15-17)23(24-27-28-29-31(24)16-18-8-4-3-5-9-18)21-13-19-10-11-20(33-2)14-22(19)26-25(21)32/h3-5,8-11,13-14,17,23H,6-7,12,15-16H2,1-2H3,(H,26,32). The number of piperidine rings is 1. The number of ether oxygens (including phenoxy) is 1. The van der Waals surface area contributed by atoms with Crippen molar-refractivity contribution in [3.05, 3.63) is 81.9 Å². The maximum absolute atomic E-state index is 13.4. The van der Waals surface area contributed by atoms with Crippen LogP contribution >= 0.6 is 0 Å². The lowest BCUT2D eigenvalue weighted by Gasteiger charge is -2.36. The third kappa shape index (κ3) is 4.39. The number of hydrogen-bond donors (Lipinski definition) is 1. The lowest BCUT2D eigenvalue weighted by atomic mass is 9.95. The van der Waals surface area contributed by atoms with Crippen molar-refractivity contribution in [2.75, 3.05) is 20.2 Å². The monoisotopic (exact) mass is 444 g/mol. The van der Waals surface area contributed by atoms with Crippen LogP contribution in [0, 0.1) is 5.92 Å². The number of likely N-dealkylation sites (tertiary alicyclic amines) is 1. The summed E-state index contributed by atoms with van der Waals surface area (Å²) in [6.07, 6.45) is 2.27. The number of hydrogen-bond acceptors (Lipinski definition) is 6. The quantitative estimate of drug-likeness (QED) is 0.490. The van der Waals surface area contributed by atoms with Gasteiger partial charge in [0.15, 0.2) is 5.82 Å². The average Bonchev–Trinajstić information content (AvgIpc) is 3.27. The minimum absolute atomic E-state index is 0.131. The van der Waals surface area contributed by atoms with E-state index in [4.69, 9.17) is 4.74 Å². The number of pyridine rings is 1. The summed E-state index contributed by atoms with van der Waals surface area (Å²) < 4.78 is 7.13. The lowest BCUT2D eigenvalue weighted by Crippen LogP contribution is -2.41. The summed E-state index contributed by atoms with van der Waals surface area (Å²) in [6.45, 7) is 4.59. The summed E-state index contributed by atoms with van der Waals surface area (Å²) in [5.41, 5.74) is 2.38. The van der Waals surface area contributed by atoms with Crippen LogP contribution in [0.5, 0.6) is 5.75 Å². The molecule has 170 valence electrons. The van der Waals surface area contributed by atoms with Crippen LogP contribution in [0.25, 0.3) is 10.9 Å². The molecule has 0 bridgehead atoms. The molecule has 0 saturated carbocycles. The number of rotatable bonds is 6. The van der Waals surface area contributed by atoms with Crippen LogP contribution in [-0.2, 0) is 6.54 Å². The lowest BCUT2D eigenvalue weighted by molar-refractivity contribution is 0.141. The van der Waals surface area contributed by atoms with Gasteiger partial charge in [0.1, 0.15) is 11.8 Å². The Morgan fingerprint density at radius 2 is 2.03 bits per heavy atom. The zero-order valence-electron chi connectivity index (χ0n) is 18.9. The van der Waals surface area contributed by atoms with Gasteiger partial charge in [0.05, 0.1) is 19.2 Å². The molecule has 33 heavy (non-hydrogen) atoms. The molecule has 2 atom stereocenters. The molecule has 2 unspecified atom stereocenters. The normalized spacial score (nSPS) is 17.8. The summed E-state index contributed by atoms with van der Waals surface area (Å²) in [5.74, 6) is 1.94. The highest BCUT2D eigenvalue weighted by molar-refractivity contribution is 5.80. The number of H-pyrrole nitrogens is 1. The number of fused-ring (bicyclic) bond motifs is 1. The largest absolute Gasteiger partial charge is 0.497 e. The summed E-state index contributed by atoms with van der Waals surface area (Å²) in [4.78, 5) is 18.8. The molecule has 2 aromatic carbocycles. The number of benzene rings is 2. The van der Waals surface area contributed by atoms with E-state index in [2.05, 4.69) is 44.5 Å². The first-order valence-corrected chi connectivity index (χ1v) is 11.4. The Labute approximate surface area is 192 Å². The molecule has 4 aromatic rings. The van der Waals surface area contributed by atoms with E-state index in [0.29, 0.717) is 29.6 Å². The molecule has 0 radical (unpaired) electrons. The average molecular weight is 445 g/mol. The molecular weight excluding hydrogens is 416 g/mol. The van der Waals surface area contributed by atoms with Gasteiger partial charge in [-0.25, -0.2) is 4.68 Å². The molecule has 1 N–H and O–H groups in total. The van der Waals surface area contributed by atoms with Crippen molar-refractivity contribution in [3.8, 4) is 5.75 Å². The highest BCUT2D eigenvalue weighted by Crippen LogP contribution is 2.31. The van der Waals surface area contributed by atoms with E-state index in [0.717, 1.165) is 36.0 Å². The van der Waals surface area contributed by atoms with Gasteiger partial charge >= 0.3 is 0 Å². The third-order valence-electron chi connectivity index (χ3n) is 6.41. The van der Waals surface area contributed by atoms with Crippen LogP contribution in [0.2, 0.25) is 0 Å². The van der Waals surface area contributed by atoms with Crippen molar-refractivity contribution in [2.24, 2.45) is 5.92 Å². The summed E-state index contributed by atoms with van der Waals surface area (Å²) in [7, 11) is 1.62. The summed E-state index contributed by atoms with van der Waals surface area (Å²) in [5, 5.41) is 13.7. The van der Waals surface area contributed by atoms with Gasteiger partial charge in [0.25, 0.3) is 5.56 Å². The second-order valence-electron chi connectivity index (χ2n) is 8.83. The summed E-state index contributed by atoms with van der Waals surface area (Å²) >= 11 is 0. The van der Waals surface area contributed by atoms with E-state index in [-0.39, 0.29) is 11.6 Å². The first-order valence-electron chi connectivity index (χ1n) is 11.4. The van der Waals surface area contributed by atoms with Gasteiger partial charge < -0.3 is 9.72 Å². The fourth-order valence-corrected chi connectivity index (χ4v) is 4.76. The van der Waals surface area contributed by atoms with Gasteiger partial charge in [0.2, 0.25) is 0 Å². The number of tetrazole rings is 1. The molecule has 1 aliphatic heterocycles. The molecule has 0 aliphatic carbocycles. The van der Waals surface area contributed by atoms with Crippen LogP contribution in [-0.4, -0.2) is 50.3 Å². The predicted molar refractivity (Wildman–Crippen MR) is 126 cm³/mol. The molecule has 8 heteroatoms. The van der Waals surface area contributed by atoms with Gasteiger partial charge in [-0.1, -0.05) is 37.3 Å². The molecule has 1 saturated heterocycles. The van der Waals surface area contributed by atoms with Crippen molar-refractivity contribution >= 4 is 10.9 Å². The Bertz CT molecular complexity index is 1300. The van der Waals surface area contributed by atoms with E-state index < -0.39 is 0 Å². The first-order chi connectivity index (χ1) is 16.1.